The summed E-state index contributed by atoms with van der Waals surface area (Å²) in [6, 6.07) is 5.90. The molecule has 1 heterocycles. The third-order valence-electron chi connectivity index (χ3n) is 3.78. The Bertz CT molecular complexity index is 540. The lowest BCUT2D eigenvalue weighted by molar-refractivity contribution is -0.130. The molecule has 0 aromatic heterocycles. The lowest BCUT2D eigenvalue weighted by Gasteiger charge is -2.42. The average Bonchev–Trinajstić information content (AvgIpc) is 2.37. The van der Waals surface area contributed by atoms with E-state index in [1.54, 1.807) is 0 Å². The van der Waals surface area contributed by atoms with Crippen molar-refractivity contribution in [2.24, 2.45) is 10.9 Å². The normalized spacial score (nSPS) is 23.2. The number of oxime groups is 1. The summed E-state index contributed by atoms with van der Waals surface area (Å²) >= 11 is 0. The van der Waals surface area contributed by atoms with Gasteiger partial charge in [0.1, 0.15) is 0 Å². The monoisotopic (exact) mass is 291 g/mol. The average molecular weight is 291 g/mol. The van der Waals surface area contributed by atoms with Crippen LogP contribution in [0.1, 0.15) is 37.5 Å². The summed E-state index contributed by atoms with van der Waals surface area (Å²) in [6.07, 6.45) is 0.241. The molecule has 1 aliphatic heterocycles. The highest BCUT2D eigenvalue weighted by molar-refractivity contribution is 5.97. The second-order valence-corrected chi connectivity index (χ2v) is 6.48. The highest BCUT2D eigenvalue weighted by atomic mass is 16.5. The summed E-state index contributed by atoms with van der Waals surface area (Å²) in [5.41, 5.74) is 8.67. The molecule has 0 amide bonds. The molecule has 1 atom stereocenters. The van der Waals surface area contributed by atoms with Gasteiger partial charge >= 0.3 is 0 Å². The molecule has 0 bridgehead atoms. The van der Waals surface area contributed by atoms with Crippen LogP contribution < -0.4 is 5.73 Å². The standard InChI is InChI=1S/C16H25N3O2/c1-11-7-13(15(17)18-20)5-6-14(11)9-19-8-12(2)21-16(3,4)10-19/h5-7,12,20H,8-10H2,1-4H3,(H2,17,18). The number of hydrogen-bond donors (Lipinski definition) is 2. The fraction of sp³-hybridized carbons (Fsp3) is 0.562. The summed E-state index contributed by atoms with van der Waals surface area (Å²) in [4.78, 5) is 2.42. The SMILES string of the molecule is Cc1cc(/C(N)=N/O)ccc1CN1CC(C)OC(C)(C)C1. The lowest BCUT2D eigenvalue weighted by Crippen LogP contribution is -2.51. The zero-order valence-corrected chi connectivity index (χ0v) is 13.3. The number of benzene rings is 1. The van der Waals surface area contributed by atoms with Crippen LogP contribution in [0.25, 0.3) is 0 Å². The van der Waals surface area contributed by atoms with Gasteiger partial charge in [0, 0.05) is 25.2 Å². The molecule has 1 aromatic rings. The van der Waals surface area contributed by atoms with Crippen LogP contribution in [0.15, 0.2) is 23.4 Å². The first-order valence-corrected chi connectivity index (χ1v) is 7.28. The molecule has 3 N–H and O–H groups in total. The minimum absolute atomic E-state index is 0.112. The molecule has 1 aromatic carbocycles. The molecule has 2 rings (SSSR count). The third-order valence-corrected chi connectivity index (χ3v) is 3.78. The number of amidine groups is 1. The Morgan fingerprint density at radius 1 is 1.52 bits per heavy atom. The van der Waals surface area contributed by atoms with Crippen LogP contribution in [0.4, 0.5) is 0 Å². The molecule has 0 radical (unpaired) electrons. The predicted molar refractivity (Wildman–Crippen MR) is 83.6 cm³/mol. The number of aryl methyl sites for hydroxylation is 1. The van der Waals surface area contributed by atoms with Crippen LogP contribution in [0.2, 0.25) is 0 Å². The quantitative estimate of drug-likeness (QED) is 0.387. The first-order valence-electron chi connectivity index (χ1n) is 7.28. The van der Waals surface area contributed by atoms with Crippen molar-refractivity contribution in [3.05, 3.63) is 34.9 Å². The van der Waals surface area contributed by atoms with Gasteiger partial charge in [-0.2, -0.15) is 0 Å². The van der Waals surface area contributed by atoms with E-state index < -0.39 is 0 Å². The smallest absolute Gasteiger partial charge is 0.170 e. The number of hydrogen-bond acceptors (Lipinski definition) is 4. The van der Waals surface area contributed by atoms with E-state index in [0.29, 0.717) is 0 Å². The van der Waals surface area contributed by atoms with Crippen molar-refractivity contribution in [1.82, 2.24) is 4.90 Å². The maximum atomic E-state index is 8.74. The fourth-order valence-electron chi connectivity index (χ4n) is 3.04. The molecule has 5 nitrogen and oxygen atoms in total. The Morgan fingerprint density at radius 2 is 2.24 bits per heavy atom. The van der Waals surface area contributed by atoms with Gasteiger partial charge in [0.25, 0.3) is 0 Å². The molecule has 1 unspecified atom stereocenters. The third kappa shape index (κ3) is 3.95. The van der Waals surface area contributed by atoms with Crippen LogP contribution in [0, 0.1) is 6.92 Å². The predicted octanol–water partition coefficient (Wildman–Crippen LogP) is 2.09. The first-order chi connectivity index (χ1) is 9.80. The Labute approximate surface area is 126 Å². The van der Waals surface area contributed by atoms with Gasteiger partial charge in [0.05, 0.1) is 11.7 Å². The van der Waals surface area contributed by atoms with Crippen LogP contribution in [-0.2, 0) is 11.3 Å². The van der Waals surface area contributed by atoms with Gasteiger partial charge in [-0.05, 0) is 44.9 Å². The van der Waals surface area contributed by atoms with Crippen molar-refractivity contribution in [2.45, 2.75) is 45.9 Å². The first kappa shape index (κ1) is 15.8. The van der Waals surface area contributed by atoms with Gasteiger partial charge in [-0.3, -0.25) is 4.90 Å². The summed E-state index contributed by atoms with van der Waals surface area (Å²) in [5, 5.41) is 11.8. The second kappa shape index (κ2) is 6.03. The van der Waals surface area contributed by atoms with E-state index in [9.17, 15) is 0 Å². The summed E-state index contributed by atoms with van der Waals surface area (Å²) in [7, 11) is 0. The second-order valence-electron chi connectivity index (χ2n) is 6.48. The largest absolute Gasteiger partial charge is 0.409 e. The number of nitrogens with two attached hydrogens (primary N) is 1. The van der Waals surface area contributed by atoms with Crippen molar-refractivity contribution >= 4 is 5.84 Å². The van der Waals surface area contributed by atoms with E-state index in [-0.39, 0.29) is 17.5 Å². The van der Waals surface area contributed by atoms with Crippen molar-refractivity contribution in [1.29, 1.82) is 0 Å². The van der Waals surface area contributed by atoms with Crippen molar-refractivity contribution < 1.29 is 9.94 Å². The molecule has 0 aliphatic carbocycles. The van der Waals surface area contributed by atoms with Crippen LogP contribution in [0.5, 0.6) is 0 Å². The molecular formula is C16H25N3O2. The number of nitrogens with zero attached hydrogens (tertiary/aromatic N) is 2. The maximum Gasteiger partial charge on any atom is 0.170 e. The molecule has 5 heteroatoms. The molecule has 1 fully saturated rings. The van der Waals surface area contributed by atoms with Gasteiger partial charge in [0.15, 0.2) is 5.84 Å². The van der Waals surface area contributed by atoms with Gasteiger partial charge < -0.3 is 15.7 Å². The van der Waals surface area contributed by atoms with Gasteiger partial charge in [-0.25, -0.2) is 0 Å². The summed E-state index contributed by atoms with van der Waals surface area (Å²) < 4.78 is 5.94. The Kier molecular flexibility index (Phi) is 4.54. The zero-order valence-electron chi connectivity index (χ0n) is 13.3. The Morgan fingerprint density at radius 3 is 2.81 bits per heavy atom. The summed E-state index contributed by atoms with van der Waals surface area (Å²) in [5.74, 6) is 0.144. The number of rotatable bonds is 3. The topological polar surface area (TPSA) is 71.1 Å². The van der Waals surface area contributed by atoms with E-state index in [1.165, 1.54) is 5.56 Å². The summed E-state index contributed by atoms with van der Waals surface area (Å²) in [6.45, 7) is 11.2. The van der Waals surface area contributed by atoms with Crippen LogP contribution in [-0.4, -0.2) is 40.7 Å². The minimum atomic E-state index is -0.112. The highest BCUT2D eigenvalue weighted by Gasteiger charge is 2.31. The molecule has 0 spiro atoms. The Hall–Kier alpha value is -1.59. The van der Waals surface area contributed by atoms with Crippen LogP contribution >= 0.6 is 0 Å². The van der Waals surface area contributed by atoms with Crippen molar-refractivity contribution in [3.8, 4) is 0 Å². The lowest BCUT2D eigenvalue weighted by atomic mass is 10.0. The Balaban J connectivity index is 2.13. The highest BCUT2D eigenvalue weighted by Crippen LogP contribution is 2.23. The molecule has 0 saturated carbocycles. The van der Waals surface area contributed by atoms with Gasteiger partial charge in [-0.1, -0.05) is 17.3 Å². The minimum Gasteiger partial charge on any atom is -0.409 e. The van der Waals surface area contributed by atoms with E-state index in [2.05, 4.69) is 43.8 Å². The molecule has 1 aliphatic rings. The molecular weight excluding hydrogens is 266 g/mol. The van der Waals surface area contributed by atoms with E-state index >= 15 is 0 Å². The number of ether oxygens (including phenoxy) is 1. The number of morpholine rings is 1. The van der Waals surface area contributed by atoms with E-state index in [4.69, 9.17) is 15.7 Å². The van der Waals surface area contributed by atoms with Gasteiger partial charge in [0.2, 0.25) is 0 Å². The molecule has 116 valence electrons. The fourth-order valence-corrected chi connectivity index (χ4v) is 3.04. The van der Waals surface area contributed by atoms with E-state index in [0.717, 1.165) is 30.8 Å². The van der Waals surface area contributed by atoms with Crippen LogP contribution in [0.3, 0.4) is 0 Å². The van der Waals surface area contributed by atoms with Crippen molar-refractivity contribution in [2.75, 3.05) is 13.1 Å². The zero-order chi connectivity index (χ0) is 15.6. The van der Waals surface area contributed by atoms with Crippen molar-refractivity contribution in [3.63, 3.8) is 0 Å². The van der Waals surface area contributed by atoms with Gasteiger partial charge in [-0.15, -0.1) is 0 Å². The molecule has 1 saturated heterocycles. The maximum absolute atomic E-state index is 8.74. The van der Waals surface area contributed by atoms with E-state index in [1.807, 2.05) is 12.1 Å². The molecule has 21 heavy (non-hydrogen) atoms.